The van der Waals surface area contributed by atoms with Gasteiger partial charge in [0.15, 0.2) is 5.82 Å². The first kappa shape index (κ1) is 35.1. The van der Waals surface area contributed by atoms with Gasteiger partial charge in [-0.25, -0.2) is 9.97 Å². The van der Waals surface area contributed by atoms with E-state index in [-0.39, 0.29) is 0 Å². The van der Waals surface area contributed by atoms with Gasteiger partial charge in [0.25, 0.3) is 0 Å². The first-order valence-electron chi connectivity index (χ1n) is 21.1. The van der Waals surface area contributed by atoms with Gasteiger partial charge in [-0.3, -0.25) is 14.5 Å². The molecule has 0 aliphatic heterocycles. The van der Waals surface area contributed by atoms with Crippen molar-refractivity contribution in [3.05, 3.63) is 213 Å². The number of aromatic nitrogens is 7. The Balaban J connectivity index is 0.984. The number of rotatable bonds is 6. The van der Waals surface area contributed by atoms with E-state index in [1.807, 2.05) is 48.8 Å². The maximum Gasteiger partial charge on any atom is 0.162 e. The number of para-hydroxylation sites is 2. The summed E-state index contributed by atoms with van der Waals surface area (Å²) in [5, 5.41) is 4.74. The van der Waals surface area contributed by atoms with Gasteiger partial charge < -0.3 is 9.13 Å². The maximum absolute atomic E-state index is 5.24. The number of fused-ring (bicyclic) bond motifs is 9. The Morgan fingerprint density at radius 1 is 0.302 bits per heavy atom. The second-order valence-electron chi connectivity index (χ2n) is 15.9. The lowest BCUT2D eigenvalue weighted by Gasteiger charge is -2.13. The molecule has 0 radical (unpaired) electrons. The first-order valence-corrected chi connectivity index (χ1v) is 21.1. The summed E-state index contributed by atoms with van der Waals surface area (Å²) in [5.74, 6) is 1.51. The molecule has 0 amide bonds. The Labute approximate surface area is 361 Å². The molecule has 0 atom stereocenters. The summed E-state index contributed by atoms with van der Waals surface area (Å²) in [6.45, 7) is 0. The fourth-order valence-corrected chi connectivity index (χ4v) is 9.55. The molecule has 294 valence electrons. The molecule has 6 heterocycles. The lowest BCUT2D eigenvalue weighted by Crippen LogP contribution is -2.02. The Morgan fingerprint density at radius 3 is 1.56 bits per heavy atom. The number of hydrogen-bond donors (Lipinski definition) is 0. The van der Waals surface area contributed by atoms with Crippen LogP contribution in [-0.2, 0) is 0 Å². The number of hydrogen-bond acceptors (Lipinski definition) is 4. The summed E-state index contributed by atoms with van der Waals surface area (Å²) in [6, 6.07) is 70.7. The molecular formula is C56H35N7. The fourth-order valence-electron chi connectivity index (χ4n) is 9.55. The summed E-state index contributed by atoms with van der Waals surface area (Å²) in [5.41, 5.74) is 15.6. The molecule has 0 aliphatic carbocycles. The standard InChI is InChI=1S/C56H35N7/c1-3-14-36(15-4-1)46-35-53(60-56(59-46)37-16-5-2-6-17-37)63-48-23-10-8-21-43(48)45-32-38(27-29-49(45)63)39-26-28-44-42-20-7-9-22-47(42)61(52(44)33-39)40-18-11-19-41(34-40)62-50-24-12-30-57-54(50)55-51(62)25-13-31-58-55/h1-35H. The highest BCUT2D eigenvalue weighted by Gasteiger charge is 2.20. The van der Waals surface area contributed by atoms with Crippen molar-refractivity contribution in [3.63, 3.8) is 0 Å². The highest BCUT2D eigenvalue weighted by atomic mass is 15.1. The molecular weight excluding hydrogens is 771 g/mol. The van der Waals surface area contributed by atoms with Gasteiger partial charge >= 0.3 is 0 Å². The third kappa shape index (κ3) is 5.53. The van der Waals surface area contributed by atoms with Crippen LogP contribution in [0.2, 0.25) is 0 Å². The number of benzene rings is 7. The van der Waals surface area contributed by atoms with Crippen LogP contribution in [0.1, 0.15) is 0 Å². The summed E-state index contributed by atoms with van der Waals surface area (Å²) in [4.78, 5) is 19.8. The normalized spacial score (nSPS) is 11.8. The van der Waals surface area contributed by atoms with Gasteiger partial charge in [0.2, 0.25) is 0 Å². The zero-order chi connectivity index (χ0) is 41.4. The molecule has 6 aromatic heterocycles. The SMILES string of the molecule is c1ccc(-c2cc(-n3c4ccccc4c4cc(-c5ccc6c7ccccc7n(-c7cccc(-n8c9cccnc9c9ncccc98)c7)c6c5)ccc43)nc(-c3ccccc3)n2)cc1. The lowest BCUT2D eigenvalue weighted by atomic mass is 10.0. The minimum atomic E-state index is 0.688. The Morgan fingerprint density at radius 2 is 0.841 bits per heavy atom. The molecule has 0 N–H and O–H groups in total. The maximum atomic E-state index is 5.24. The van der Waals surface area contributed by atoms with Crippen molar-refractivity contribution in [1.29, 1.82) is 0 Å². The molecule has 13 aromatic rings. The minimum Gasteiger partial charge on any atom is -0.309 e. The topological polar surface area (TPSA) is 66.3 Å². The van der Waals surface area contributed by atoms with Crippen LogP contribution in [0.4, 0.5) is 0 Å². The minimum absolute atomic E-state index is 0.688. The average molecular weight is 806 g/mol. The van der Waals surface area contributed by atoms with E-state index in [9.17, 15) is 0 Å². The molecule has 63 heavy (non-hydrogen) atoms. The fraction of sp³-hybridized carbons (Fsp3) is 0. The molecule has 7 nitrogen and oxygen atoms in total. The highest BCUT2D eigenvalue weighted by Crippen LogP contribution is 2.39. The van der Waals surface area contributed by atoms with Crippen molar-refractivity contribution < 1.29 is 0 Å². The molecule has 0 aliphatic rings. The van der Waals surface area contributed by atoms with Crippen LogP contribution in [0.15, 0.2) is 213 Å². The van der Waals surface area contributed by atoms with Crippen LogP contribution < -0.4 is 0 Å². The molecule has 13 rings (SSSR count). The van der Waals surface area contributed by atoms with Crippen LogP contribution in [0.3, 0.4) is 0 Å². The predicted molar refractivity (Wildman–Crippen MR) is 257 cm³/mol. The number of pyridine rings is 2. The van der Waals surface area contributed by atoms with Crippen LogP contribution in [0, 0.1) is 0 Å². The third-order valence-corrected chi connectivity index (χ3v) is 12.3. The van der Waals surface area contributed by atoms with Crippen molar-refractivity contribution in [2.24, 2.45) is 0 Å². The van der Waals surface area contributed by atoms with E-state index in [2.05, 4.69) is 177 Å². The van der Waals surface area contributed by atoms with Crippen molar-refractivity contribution in [1.82, 2.24) is 33.6 Å². The quantitative estimate of drug-likeness (QED) is 0.168. The van der Waals surface area contributed by atoms with Crippen LogP contribution in [0.25, 0.3) is 117 Å². The summed E-state index contributed by atoms with van der Waals surface area (Å²) < 4.78 is 6.95. The Kier molecular flexibility index (Phi) is 7.77. The van der Waals surface area contributed by atoms with Gasteiger partial charge in [-0.05, 0) is 83.9 Å². The van der Waals surface area contributed by atoms with E-state index >= 15 is 0 Å². The largest absolute Gasteiger partial charge is 0.309 e. The highest BCUT2D eigenvalue weighted by molar-refractivity contribution is 6.12. The van der Waals surface area contributed by atoms with E-state index in [1.165, 1.54) is 10.8 Å². The summed E-state index contributed by atoms with van der Waals surface area (Å²) in [7, 11) is 0. The van der Waals surface area contributed by atoms with E-state index in [1.54, 1.807) is 0 Å². The van der Waals surface area contributed by atoms with Crippen LogP contribution >= 0.6 is 0 Å². The Hall–Kier alpha value is -8.68. The Bertz CT molecular complexity index is 3810. The van der Waals surface area contributed by atoms with E-state index < -0.39 is 0 Å². The van der Waals surface area contributed by atoms with E-state index in [4.69, 9.17) is 19.9 Å². The van der Waals surface area contributed by atoms with Gasteiger partial charge in [-0.15, -0.1) is 0 Å². The van der Waals surface area contributed by atoms with Crippen molar-refractivity contribution in [2.45, 2.75) is 0 Å². The van der Waals surface area contributed by atoms with Gasteiger partial charge in [0.05, 0.1) is 38.8 Å². The molecule has 7 aromatic carbocycles. The van der Waals surface area contributed by atoms with Gasteiger partial charge in [0.1, 0.15) is 16.9 Å². The van der Waals surface area contributed by atoms with Crippen LogP contribution in [0.5, 0.6) is 0 Å². The predicted octanol–water partition coefficient (Wildman–Crippen LogP) is 13.6. The molecule has 0 saturated heterocycles. The van der Waals surface area contributed by atoms with Gasteiger partial charge in [0, 0.05) is 62.5 Å². The third-order valence-electron chi connectivity index (χ3n) is 12.3. The number of nitrogens with zero attached hydrogens (tertiary/aromatic N) is 7. The molecule has 0 fully saturated rings. The smallest absolute Gasteiger partial charge is 0.162 e. The zero-order valence-corrected chi connectivity index (χ0v) is 33.8. The van der Waals surface area contributed by atoms with Crippen molar-refractivity contribution in [3.8, 4) is 51.0 Å². The van der Waals surface area contributed by atoms with Gasteiger partial charge in [-0.1, -0.05) is 121 Å². The van der Waals surface area contributed by atoms with Crippen LogP contribution in [-0.4, -0.2) is 33.6 Å². The lowest BCUT2D eigenvalue weighted by molar-refractivity contribution is 1.05. The molecule has 0 bridgehead atoms. The summed E-state index contributed by atoms with van der Waals surface area (Å²) >= 11 is 0. The molecule has 0 saturated carbocycles. The van der Waals surface area contributed by atoms with Crippen molar-refractivity contribution >= 4 is 65.7 Å². The first-order chi connectivity index (χ1) is 31.2. The van der Waals surface area contributed by atoms with E-state index in [0.29, 0.717) is 5.82 Å². The van der Waals surface area contributed by atoms with Gasteiger partial charge in [-0.2, -0.15) is 0 Å². The second-order valence-corrected chi connectivity index (χ2v) is 15.9. The monoisotopic (exact) mass is 805 g/mol. The molecule has 0 spiro atoms. The zero-order valence-electron chi connectivity index (χ0n) is 33.8. The second kappa shape index (κ2) is 13.9. The van der Waals surface area contributed by atoms with Crippen molar-refractivity contribution in [2.75, 3.05) is 0 Å². The van der Waals surface area contributed by atoms with E-state index in [0.717, 1.165) is 100 Å². The molecule has 0 unspecified atom stereocenters. The molecule has 7 heteroatoms. The average Bonchev–Trinajstić information content (AvgIpc) is 4.00. The summed E-state index contributed by atoms with van der Waals surface area (Å²) in [6.07, 6.45) is 3.67.